The summed E-state index contributed by atoms with van der Waals surface area (Å²) in [4.78, 5) is 9.47. The molecule has 210 valence electrons. The molecule has 38 heavy (non-hydrogen) atoms. The van der Waals surface area contributed by atoms with E-state index in [0.717, 1.165) is 77.6 Å². The lowest BCUT2D eigenvalue weighted by molar-refractivity contribution is 0.274. The average Bonchev–Trinajstić information content (AvgIpc) is 2.90. The van der Waals surface area contributed by atoms with E-state index in [0.29, 0.717) is 0 Å². The maximum absolute atomic E-state index is 6.23. The molecule has 0 heterocycles. The number of unbranched alkanes of at least 4 members (excludes halogenated alkanes) is 3. The van der Waals surface area contributed by atoms with Crippen LogP contribution in [-0.4, -0.2) is 31.7 Å². The third kappa shape index (κ3) is 11.1. The minimum Gasteiger partial charge on any atom is -0.496 e. The fourth-order valence-electron chi connectivity index (χ4n) is 3.96. The van der Waals surface area contributed by atoms with Crippen molar-refractivity contribution in [3.05, 3.63) is 76.9 Å². The van der Waals surface area contributed by atoms with Gasteiger partial charge >= 0.3 is 0 Å². The third-order valence-electron chi connectivity index (χ3n) is 6.09. The summed E-state index contributed by atoms with van der Waals surface area (Å²) in [7, 11) is 3.54. The monoisotopic (exact) mass is 521 g/mol. The first-order valence-electron chi connectivity index (χ1n) is 14.2. The molecule has 0 radical (unpaired) electrons. The Bertz CT molecular complexity index is 1030. The van der Waals surface area contributed by atoms with E-state index < -0.39 is 0 Å². The quantitative estimate of drug-likeness (QED) is 0.102. The summed E-state index contributed by atoms with van der Waals surface area (Å²) in [6, 6.07) is 4.13. The highest BCUT2D eigenvalue weighted by Crippen LogP contribution is 2.26. The van der Waals surface area contributed by atoms with Crippen LogP contribution in [0.25, 0.3) is 0 Å². The van der Waals surface area contributed by atoms with Gasteiger partial charge in [-0.05, 0) is 76.8 Å². The van der Waals surface area contributed by atoms with E-state index in [1.54, 1.807) is 7.11 Å². The van der Waals surface area contributed by atoms with Crippen LogP contribution in [-0.2, 0) is 4.74 Å². The van der Waals surface area contributed by atoms with Crippen LogP contribution in [0.2, 0.25) is 0 Å². The minimum atomic E-state index is -0.0872. The van der Waals surface area contributed by atoms with Gasteiger partial charge in [0.25, 0.3) is 0 Å². The summed E-state index contributed by atoms with van der Waals surface area (Å²) in [5.41, 5.74) is 3.92. The number of ether oxygens (including phenoxy) is 2. The lowest BCUT2D eigenvalue weighted by atomic mass is 9.98. The Kier molecular flexibility index (Phi) is 16.5. The van der Waals surface area contributed by atoms with E-state index in [1.807, 2.05) is 20.2 Å². The first-order chi connectivity index (χ1) is 18.4. The lowest BCUT2D eigenvalue weighted by Gasteiger charge is -2.23. The van der Waals surface area contributed by atoms with Gasteiger partial charge in [0.15, 0.2) is 0 Å². The summed E-state index contributed by atoms with van der Waals surface area (Å²) in [6.45, 7) is 14.8. The van der Waals surface area contributed by atoms with E-state index in [1.165, 1.54) is 12.8 Å². The molecule has 1 atom stereocenters. The number of nitrogens with zero attached hydrogens (tertiary/aromatic N) is 2. The number of amidine groups is 1. The molecule has 1 aromatic rings. The number of benzene rings is 1. The Morgan fingerprint density at radius 3 is 2.37 bits per heavy atom. The molecule has 1 rings (SSSR count). The van der Waals surface area contributed by atoms with Crippen molar-refractivity contribution in [2.45, 2.75) is 99.5 Å². The van der Waals surface area contributed by atoms with Crippen LogP contribution < -0.4 is 10.1 Å². The number of hydrogen-bond donors (Lipinski definition) is 1. The maximum Gasteiger partial charge on any atom is 0.134 e. The van der Waals surface area contributed by atoms with E-state index in [4.69, 9.17) is 14.5 Å². The molecule has 0 aliphatic heterocycles. The molecule has 0 aliphatic rings. The lowest BCUT2D eigenvalue weighted by Crippen LogP contribution is -2.36. The molecule has 1 aromatic carbocycles. The van der Waals surface area contributed by atoms with Gasteiger partial charge < -0.3 is 14.8 Å². The molecule has 5 heteroatoms. The van der Waals surface area contributed by atoms with E-state index in [9.17, 15) is 0 Å². The molecule has 5 nitrogen and oxygen atoms in total. The van der Waals surface area contributed by atoms with Crippen LogP contribution in [0, 0.1) is 6.92 Å². The molecule has 0 aliphatic carbocycles. The van der Waals surface area contributed by atoms with Crippen LogP contribution in [0.5, 0.6) is 5.75 Å². The van der Waals surface area contributed by atoms with Crippen LogP contribution >= 0.6 is 0 Å². The van der Waals surface area contributed by atoms with Crippen molar-refractivity contribution in [3.8, 4) is 5.75 Å². The van der Waals surface area contributed by atoms with Gasteiger partial charge in [-0.15, -0.1) is 0 Å². The summed E-state index contributed by atoms with van der Waals surface area (Å²) in [5.74, 6) is 3.37. The molecule has 0 spiro atoms. The average molecular weight is 522 g/mol. The topological polar surface area (TPSA) is 55.2 Å². The number of nitrogens with one attached hydrogen (secondary N) is 1. The van der Waals surface area contributed by atoms with Gasteiger partial charge in [-0.3, -0.25) is 4.99 Å². The van der Waals surface area contributed by atoms with Gasteiger partial charge in [0.05, 0.1) is 24.6 Å². The van der Waals surface area contributed by atoms with Gasteiger partial charge in [-0.1, -0.05) is 59.1 Å². The molecule has 0 amide bonds. The van der Waals surface area contributed by atoms with Crippen molar-refractivity contribution in [1.82, 2.24) is 5.32 Å². The summed E-state index contributed by atoms with van der Waals surface area (Å²) in [5, 5.41) is 3.64. The molecule has 1 unspecified atom stereocenters. The fourth-order valence-corrected chi connectivity index (χ4v) is 3.96. The first-order valence-corrected chi connectivity index (χ1v) is 14.2. The van der Waals surface area contributed by atoms with Gasteiger partial charge in [0.2, 0.25) is 0 Å². The van der Waals surface area contributed by atoms with Crippen molar-refractivity contribution < 1.29 is 9.47 Å². The molecule has 0 fully saturated rings. The normalized spacial score (nSPS) is 14.4. The molecular weight excluding hydrogens is 470 g/mol. The zero-order valence-corrected chi connectivity index (χ0v) is 25.4. The van der Waals surface area contributed by atoms with E-state index in [-0.39, 0.29) is 6.04 Å². The van der Waals surface area contributed by atoms with Gasteiger partial charge in [0.1, 0.15) is 17.3 Å². The van der Waals surface area contributed by atoms with Crippen molar-refractivity contribution in [1.29, 1.82) is 0 Å². The van der Waals surface area contributed by atoms with E-state index in [2.05, 4.69) is 94.4 Å². The summed E-state index contributed by atoms with van der Waals surface area (Å²) >= 11 is 0. The first kappa shape index (κ1) is 32.9. The third-order valence-corrected chi connectivity index (χ3v) is 6.09. The van der Waals surface area contributed by atoms with Crippen molar-refractivity contribution >= 4 is 11.5 Å². The van der Waals surface area contributed by atoms with Crippen molar-refractivity contribution in [3.63, 3.8) is 0 Å². The maximum atomic E-state index is 6.23. The molecule has 1 N–H and O–H groups in total. The number of hydrogen-bond acceptors (Lipinski definition) is 4. The predicted octanol–water partition coefficient (Wildman–Crippen LogP) is 8.83. The molecule has 0 saturated carbocycles. The SMILES string of the molecule is CC/C=C(/C)O/C(=C/CC)C(C)N/C(=N/C=C/CCC)c1cc(C(/C=C\CCCC)=N/C)cc(OC)c1C. The zero-order chi connectivity index (χ0) is 28.3. The minimum absolute atomic E-state index is 0.0872. The van der Waals surface area contributed by atoms with Crippen LogP contribution in [0.3, 0.4) is 0 Å². The van der Waals surface area contributed by atoms with Gasteiger partial charge in [-0.25, -0.2) is 4.99 Å². The molecule has 0 bridgehead atoms. The van der Waals surface area contributed by atoms with Crippen LogP contribution in [0.4, 0.5) is 0 Å². The van der Waals surface area contributed by atoms with Crippen molar-refractivity contribution in [2.75, 3.05) is 14.2 Å². The highest BCUT2D eigenvalue weighted by molar-refractivity contribution is 6.11. The second-order valence-corrected chi connectivity index (χ2v) is 9.36. The van der Waals surface area contributed by atoms with Gasteiger partial charge in [-0.2, -0.15) is 0 Å². The van der Waals surface area contributed by atoms with E-state index >= 15 is 0 Å². The second-order valence-electron chi connectivity index (χ2n) is 9.36. The zero-order valence-electron chi connectivity index (χ0n) is 25.4. The molecule has 0 saturated heterocycles. The molecule has 0 aromatic heterocycles. The highest BCUT2D eigenvalue weighted by Gasteiger charge is 2.19. The Morgan fingerprint density at radius 1 is 1.03 bits per heavy atom. The number of allylic oxidation sites excluding steroid dienone is 6. The number of rotatable bonds is 16. The highest BCUT2D eigenvalue weighted by atomic mass is 16.5. The van der Waals surface area contributed by atoms with Gasteiger partial charge in [0, 0.05) is 29.9 Å². The Hall–Kier alpha value is -3.08. The summed E-state index contributed by atoms with van der Waals surface area (Å²) in [6.07, 6.45) is 19.8. The fraction of sp³-hybridized carbons (Fsp3) is 0.515. The largest absolute Gasteiger partial charge is 0.496 e. The Labute approximate surface area is 232 Å². The second kappa shape index (κ2) is 19.1. The van der Waals surface area contributed by atoms with Crippen molar-refractivity contribution in [2.24, 2.45) is 9.98 Å². The predicted molar refractivity (Wildman–Crippen MR) is 166 cm³/mol. The smallest absolute Gasteiger partial charge is 0.134 e. The summed E-state index contributed by atoms with van der Waals surface area (Å²) < 4.78 is 12.0. The molecular formula is C33H51N3O2. The standard InChI is InChI=1S/C33H51N3O2/c1-10-14-16-17-21-30(34-8)28-23-29(26(6)32(24-28)37-9)33(35-22-18-15-11-2)36-27(7)31(20-13-4)38-25(5)19-12-3/h17-24,27H,10-16H2,1-9H3,(H,35,36)/b21-17-,22-18+,25-19-,31-20+,34-30+. The Balaban J connectivity index is 3.58. The van der Waals surface area contributed by atoms with Crippen LogP contribution in [0.15, 0.2) is 70.2 Å². The number of methoxy groups -OCH3 is 1. The number of aliphatic imine (C=N–C) groups is 2. The van der Waals surface area contributed by atoms with Crippen LogP contribution in [0.1, 0.15) is 103 Å². The Morgan fingerprint density at radius 2 is 1.76 bits per heavy atom.